The number of benzene rings is 1. The Balaban J connectivity index is 1.95. The molecule has 0 fully saturated rings. The predicted octanol–water partition coefficient (Wildman–Crippen LogP) is 0.915. The Labute approximate surface area is 116 Å². The Hall–Kier alpha value is -2.78. The van der Waals surface area contributed by atoms with Crippen LogP contribution >= 0.6 is 0 Å². The molecular weight excluding hydrogens is 254 g/mol. The second kappa shape index (κ2) is 6.97. The van der Waals surface area contributed by atoms with Crippen molar-refractivity contribution in [2.24, 2.45) is 4.99 Å². The van der Waals surface area contributed by atoms with Crippen LogP contribution in [0.3, 0.4) is 0 Å². The van der Waals surface area contributed by atoms with E-state index in [2.05, 4.69) is 10.3 Å². The first-order valence-electron chi connectivity index (χ1n) is 6.15. The number of aromatic nitrogens is 1. The number of rotatable bonds is 5. The van der Waals surface area contributed by atoms with Gasteiger partial charge < -0.3 is 5.32 Å². The molecule has 0 atom stereocenters. The lowest BCUT2D eigenvalue weighted by Gasteiger charge is -2.03. The summed E-state index contributed by atoms with van der Waals surface area (Å²) >= 11 is 0. The highest BCUT2D eigenvalue weighted by Gasteiger charge is 2.04. The van der Waals surface area contributed by atoms with Crippen LogP contribution in [-0.4, -0.2) is 18.5 Å². The highest BCUT2D eigenvalue weighted by Crippen LogP contribution is 2.03. The van der Waals surface area contributed by atoms with E-state index in [-0.39, 0.29) is 12.5 Å². The Morgan fingerprint density at radius 1 is 1.15 bits per heavy atom. The van der Waals surface area contributed by atoms with Crippen molar-refractivity contribution in [3.8, 4) is 5.69 Å². The van der Waals surface area contributed by atoms with Gasteiger partial charge in [0, 0.05) is 30.8 Å². The summed E-state index contributed by atoms with van der Waals surface area (Å²) in [5, 5.41) is 2.67. The van der Waals surface area contributed by atoms with E-state index in [4.69, 9.17) is 0 Å². The molecule has 0 spiro atoms. The van der Waals surface area contributed by atoms with Crippen molar-refractivity contribution in [1.82, 2.24) is 5.32 Å². The number of hydrogen-bond acceptors (Lipinski definition) is 3. The maximum Gasteiger partial charge on any atom is 0.242 e. The van der Waals surface area contributed by atoms with Crippen molar-refractivity contribution in [2.45, 2.75) is 6.54 Å². The molecule has 1 amide bonds. The topological polar surface area (TPSA) is 62.4 Å². The molecule has 0 unspecified atom stereocenters. The van der Waals surface area contributed by atoms with E-state index in [0.717, 1.165) is 11.3 Å². The van der Waals surface area contributed by atoms with Crippen LogP contribution in [0.15, 0.2) is 59.9 Å². The third-order valence-electron chi connectivity index (χ3n) is 2.73. The number of carbonyl (C=O) groups is 1. The Morgan fingerprint density at radius 2 is 1.85 bits per heavy atom. The molecule has 2 rings (SSSR count). The Kier molecular flexibility index (Phi) is 4.76. The molecule has 1 aromatic carbocycles. The number of carbonyl (C=O) groups excluding carboxylic acids is 2. The van der Waals surface area contributed by atoms with Gasteiger partial charge in [-0.25, -0.2) is 4.79 Å². The van der Waals surface area contributed by atoms with Crippen LogP contribution in [0.1, 0.15) is 5.56 Å². The molecule has 1 N–H and O–H groups in total. The minimum absolute atomic E-state index is 0.179. The van der Waals surface area contributed by atoms with Crippen LogP contribution in [-0.2, 0) is 16.1 Å². The van der Waals surface area contributed by atoms with E-state index >= 15 is 0 Å². The molecule has 5 heteroatoms. The summed E-state index contributed by atoms with van der Waals surface area (Å²) in [6.07, 6.45) is 5.27. The van der Waals surface area contributed by atoms with Gasteiger partial charge in [-0.05, 0) is 5.56 Å². The second-order valence-electron chi connectivity index (χ2n) is 4.13. The van der Waals surface area contributed by atoms with Crippen molar-refractivity contribution in [1.29, 1.82) is 0 Å². The van der Waals surface area contributed by atoms with Gasteiger partial charge in [-0.15, -0.1) is 0 Å². The standard InChI is InChI=1S/C15H13N3O2/c19-12-16-11-15(20)17-10-13-4-6-14(7-5-13)18-8-2-1-3-9-18/h1-9H,10-11H2/p+1. The Bertz CT molecular complexity index is 617. The van der Waals surface area contributed by atoms with E-state index in [1.807, 2.05) is 59.4 Å². The number of aliphatic imine (C=N–C) groups is 1. The summed E-state index contributed by atoms with van der Waals surface area (Å²) in [7, 11) is 0. The first-order valence-corrected chi connectivity index (χ1v) is 6.15. The molecule has 0 saturated carbocycles. The normalized spacial score (nSPS) is 9.60. The average Bonchev–Trinajstić information content (AvgIpc) is 2.52. The molecule has 0 radical (unpaired) electrons. The molecule has 0 aliphatic rings. The molecule has 0 saturated heterocycles. The molecule has 1 heterocycles. The monoisotopic (exact) mass is 268 g/mol. The summed E-state index contributed by atoms with van der Waals surface area (Å²) in [4.78, 5) is 24.4. The summed E-state index contributed by atoms with van der Waals surface area (Å²) < 4.78 is 2.00. The van der Waals surface area contributed by atoms with E-state index in [9.17, 15) is 9.59 Å². The van der Waals surface area contributed by atoms with Crippen molar-refractivity contribution >= 4 is 12.0 Å². The van der Waals surface area contributed by atoms with Crippen LogP contribution in [0.4, 0.5) is 0 Å². The van der Waals surface area contributed by atoms with E-state index in [0.29, 0.717) is 6.54 Å². The minimum Gasteiger partial charge on any atom is -0.350 e. The van der Waals surface area contributed by atoms with Gasteiger partial charge in [0.25, 0.3) is 0 Å². The van der Waals surface area contributed by atoms with Gasteiger partial charge in [0.15, 0.2) is 12.4 Å². The zero-order valence-electron chi connectivity index (χ0n) is 10.8. The van der Waals surface area contributed by atoms with Gasteiger partial charge in [0.1, 0.15) is 6.54 Å². The number of nitrogens with zero attached hydrogens (tertiary/aromatic N) is 2. The molecule has 0 bridgehead atoms. The van der Waals surface area contributed by atoms with E-state index in [1.165, 1.54) is 6.08 Å². The number of pyridine rings is 1. The summed E-state index contributed by atoms with van der Waals surface area (Å²) in [6, 6.07) is 13.7. The number of hydrogen-bond donors (Lipinski definition) is 1. The van der Waals surface area contributed by atoms with Crippen molar-refractivity contribution in [3.05, 3.63) is 60.4 Å². The van der Waals surface area contributed by atoms with Gasteiger partial charge in [-0.2, -0.15) is 9.56 Å². The third kappa shape index (κ3) is 3.86. The molecule has 1 aromatic heterocycles. The summed E-state index contributed by atoms with van der Waals surface area (Å²) in [5.74, 6) is -0.296. The first-order chi connectivity index (χ1) is 9.79. The first kappa shape index (κ1) is 13.6. The lowest BCUT2D eigenvalue weighted by molar-refractivity contribution is -0.595. The van der Waals surface area contributed by atoms with Gasteiger partial charge in [0.05, 0.1) is 0 Å². The number of nitrogens with one attached hydrogen (secondary N) is 1. The summed E-state index contributed by atoms with van der Waals surface area (Å²) in [6.45, 7) is 0.231. The fraction of sp³-hybridized carbons (Fsp3) is 0.133. The van der Waals surface area contributed by atoms with Crippen LogP contribution in [0.5, 0.6) is 0 Å². The zero-order chi connectivity index (χ0) is 14.2. The highest BCUT2D eigenvalue weighted by atomic mass is 16.2. The van der Waals surface area contributed by atoms with Gasteiger partial charge in [-0.1, -0.05) is 18.2 Å². The van der Waals surface area contributed by atoms with E-state index < -0.39 is 0 Å². The molecule has 2 aromatic rings. The SMILES string of the molecule is O=C=NCC(=O)NCc1ccc(-[n+]2ccccc2)cc1. The van der Waals surface area contributed by atoms with Crippen LogP contribution < -0.4 is 9.88 Å². The molecule has 0 aliphatic heterocycles. The molecule has 5 nitrogen and oxygen atoms in total. The smallest absolute Gasteiger partial charge is 0.242 e. The predicted molar refractivity (Wildman–Crippen MR) is 72.8 cm³/mol. The summed E-state index contributed by atoms with van der Waals surface area (Å²) in [5.41, 5.74) is 2.03. The maximum absolute atomic E-state index is 11.3. The maximum atomic E-state index is 11.3. The quantitative estimate of drug-likeness (QED) is 0.498. The Morgan fingerprint density at radius 3 is 2.50 bits per heavy atom. The number of amides is 1. The fourth-order valence-corrected chi connectivity index (χ4v) is 1.72. The molecular formula is C15H14N3O2+. The van der Waals surface area contributed by atoms with E-state index in [1.54, 1.807) is 0 Å². The highest BCUT2D eigenvalue weighted by molar-refractivity contribution is 5.78. The fourth-order valence-electron chi connectivity index (χ4n) is 1.72. The van der Waals surface area contributed by atoms with Crippen LogP contribution in [0.25, 0.3) is 5.69 Å². The van der Waals surface area contributed by atoms with Crippen molar-refractivity contribution in [2.75, 3.05) is 6.54 Å². The number of isocyanates is 1. The zero-order valence-corrected chi connectivity index (χ0v) is 10.8. The molecule has 0 aliphatic carbocycles. The molecule has 100 valence electrons. The van der Waals surface area contributed by atoms with Gasteiger partial charge in [0.2, 0.25) is 17.7 Å². The largest absolute Gasteiger partial charge is 0.350 e. The van der Waals surface area contributed by atoms with Crippen LogP contribution in [0, 0.1) is 0 Å². The van der Waals surface area contributed by atoms with Gasteiger partial charge in [-0.3, -0.25) is 4.79 Å². The molecule has 20 heavy (non-hydrogen) atoms. The van der Waals surface area contributed by atoms with Gasteiger partial charge >= 0.3 is 0 Å². The third-order valence-corrected chi connectivity index (χ3v) is 2.73. The van der Waals surface area contributed by atoms with Crippen molar-refractivity contribution in [3.63, 3.8) is 0 Å². The minimum atomic E-state index is -0.296. The van der Waals surface area contributed by atoms with Crippen LogP contribution in [0.2, 0.25) is 0 Å². The average molecular weight is 268 g/mol. The second-order valence-corrected chi connectivity index (χ2v) is 4.13. The van der Waals surface area contributed by atoms with Crippen molar-refractivity contribution < 1.29 is 14.2 Å². The lowest BCUT2D eigenvalue weighted by Crippen LogP contribution is -2.29. The lowest BCUT2D eigenvalue weighted by atomic mass is 10.2.